The highest BCUT2D eigenvalue weighted by molar-refractivity contribution is 6.22. The second-order valence-corrected chi connectivity index (χ2v) is 10.3. The Labute approximate surface area is 215 Å². The molecule has 0 aliphatic heterocycles. The van der Waals surface area contributed by atoms with Gasteiger partial charge in [-0.1, -0.05) is 75.4 Å². The first-order valence-corrected chi connectivity index (χ1v) is 13.1. The first kappa shape index (κ1) is 25.4. The van der Waals surface area contributed by atoms with Crippen LogP contribution in [0.1, 0.15) is 79.5 Å². The molecular weight excluding hydrogens is 456 g/mol. The minimum Gasteiger partial charge on any atom is -0.497 e. The Morgan fingerprint density at radius 2 is 1.40 bits per heavy atom. The molecule has 0 saturated heterocycles. The molecule has 3 nitrogen and oxygen atoms in total. The summed E-state index contributed by atoms with van der Waals surface area (Å²) >= 11 is 6.78. The summed E-state index contributed by atoms with van der Waals surface area (Å²) in [6.07, 6.45) is 9.40. The molecule has 1 saturated carbocycles. The summed E-state index contributed by atoms with van der Waals surface area (Å²) in [5.74, 6) is 2.28. The van der Waals surface area contributed by atoms with E-state index in [1.165, 1.54) is 56.1 Å². The highest BCUT2D eigenvalue weighted by Crippen LogP contribution is 2.38. The van der Waals surface area contributed by atoms with Crippen LogP contribution in [0.4, 0.5) is 0 Å². The fraction of sp³-hybridized carbons (Fsp3) is 0.419. The lowest BCUT2D eigenvalue weighted by Crippen LogP contribution is -2.23. The fourth-order valence-electron chi connectivity index (χ4n) is 5.08. The molecule has 0 N–H and O–H groups in total. The molecule has 1 aliphatic rings. The predicted octanol–water partition coefficient (Wildman–Crippen LogP) is 8.61. The SMILES string of the molecule is COc1ccc(C(Cl)c2ccc(OCc3ccc(C4(C)CCCCCCC4)cc3)cc2)c(OC)c1. The van der Waals surface area contributed by atoms with E-state index in [-0.39, 0.29) is 5.38 Å². The molecule has 0 radical (unpaired) electrons. The monoisotopic (exact) mass is 492 g/mol. The topological polar surface area (TPSA) is 27.7 Å². The lowest BCUT2D eigenvalue weighted by Gasteiger charge is -2.32. The third-order valence-corrected chi connectivity index (χ3v) is 7.89. The third-order valence-electron chi connectivity index (χ3n) is 7.40. The van der Waals surface area contributed by atoms with Gasteiger partial charge in [0.1, 0.15) is 23.9 Å². The van der Waals surface area contributed by atoms with E-state index in [9.17, 15) is 0 Å². The van der Waals surface area contributed by atoms with Crippen LogP contribution in [0.3, 0.4) is 0 Å². The van der Waals surface area contributed by atoms with Gasteiger partial charge in [-0.15, -0.1) is 11.6 Å². The summed E-state index contributed by atoms with van der Waals surface area (Å²) in [6.45, 7) is 2.99. The van der Waals surface area contributed by atoms with E-state index in [1.54, 1.807) is 14.2 Å². The van der Waals surface area contributed by atoms with Gasteiger partial charge in [0.05, 0.1) is 19.6 Å². The lowest BCUT2D eigenvalue weighted by molar-refractivity contribution is 0.305. The van der Waals surface area contributed by atoms with E-state index in [4.69, 9.17) is 25.8 Å². The van der Waals surface area contributed by atoms with Crippen molar-refractivity contribution in [1.29, 1.82) is 0 Å². The van der Waals surface area contributed by atoms with Gasteiger partial charge >= 0.3 is 0 Å². The average molecular weight is 493 g/mol. The van der Waals surface area contributed by atoms with Gasteiger partial charge in [0.2, 0.25) is 0 Å². The van der Waals surface area contributed by atoms with Gasteiger partial charge in [-0.05, 0) is 59.2 Å². The Morgan fingerprint density at radius 1 is 0.771 bits per heavy atom. The van der Waals surface area contributed by atoms with Crippen molar-refractivity contribution in [1.82, 2.24) is 0 Å². The number of benzene rings is 3. The van der Waals surface area contributed by atoms with E-state index in [0.717, 1.165) is 22.6 Å². The maximum Gasteiger partial charge on any atom is 0.127 e. The van der Waals surface area contributed by atoms with Gasteiger partial charge < -0.3 is 14.2 Å². The molecule has 0 spiro atoms. The second-order valence-electron chi connectivity index (χ2n) is 9.85. The molecule has 0 amide bonds. The summed E-state index contributed by atoms with van der Waals surface area (Å²) in [5.41, 5.74) is 4.85. The van der Waals surface area contributed by atoms with Gasteiger partial charge in [-0.25, -0.2) is 0 Å². The number of methoxy groups -OCH3 is 2. The molecule has 0 heterocycles. The van der Waals surface area contributed by atoms with E-state index >= 15 is 0 Å². The Morgan fingerprint density at radius 3 is 2.03 bits per heavy atom. The molecule has 186 valence electrons. The molecule has 1 unspecified atom stereocenters. The smallest absolute Gasteiger partial charge is 0.127 e. The number of halogens is 1. The highest BCUT2D eigenvalue weighted by atomic mass is 35.5. The molecule has 4 heteroatoms. The molecule has 0 aromatic heterocycles. The summed E-state index contributed by atoms with van der Waals surface area (Å²) < 4.78 is 16.9. The number of hydrogen-bond acceptors (Lipinski definition) is 3. The Bertz CT molecular complexity index is 1070. The van der Waals surface area contributed by atoms with Crippen molar-refractivity contribution in [2.24, 2.45) is 0 Å². The summed E-state index contributed by atoms with van der Waals surface area (Å²) in [7, 11) is 3.28. The normalized spacial score (nSPS) is 16.6. The van der Waals surface area contributed by atoms with E-state index in [0.29, 0.717) is 17.8 Å². The first-order chi connectivity index (χ1) is 17.0. The van der Waals surface area contributed by atoms with Crippen molar-refractivity contribution in [3.63, 3.8) is 0 Å². The van der Waals surface area contributed by atoms with E-state index in [2.05, 4.69) is 31.2 Å². The predicted molar refractivity (Wildman–Crippen MR) is 144 cm³/mol. The van der Waals surface area contributed by atoms with Gasteiger partial charge in [-0.2, -0.15) is 0 Å². The van der Waals surface area contributed by atoms with Crippen LogP contribution in [-0.2, 0) is 12.0 Å². The van der Waals surface area contributed by atoms with Crippen LogP contribution in [0.2, 0.25) is 0 Å². The maximum absolute atomic E-state index is 6.78. The number of rotatable bonds is 8. The van der Waals surface area contributed by atoms with Crippen LogP contribution in [-0.4, -0.2) is 14.2 Å². The van der Waals surface area contributed by atoms with Crippen LogP contribution in [0.25, 0.3) is 0 Å². The number of alkyl halides is 1. The third kappa shape index (κ3) is 6.32. The van der Waals surface area contributed by atoms with Gasteiger partial charge in [-0.3, -0.25) is 0 Å². The van der Waals surface area contributed by atoms with Crippen molar-refractivity contribution in [2.75, 3.05) is 14.2 Å². The zero-order chi connectivity index (χ0) is 24.7. The Hall–Kier alpha value is -2.65. The molecule has 3 aromatic carbocycles. The second kappa shape index (κ2) is 11.9. The molecule has 0 bridgehead atoms. The van der Waals surface area contributed by atoms with Gasteiger partial charge in [0.15, 0.2) is 0 Å². The maximum atomic E-state index is 6.78. The molecule has 1 fully saturated rings. The van der Waals surface area contributed by atoms with E-state index < -0.39 is 0 Å². The van der Waals surface area contributed by atoms with Crippen LogP contribution < -0.4 is 14.2 Å². The van der Waals surface area contributed by atoms with Crippen LogP contribution in [0.15, 0.2) is 66.7 Å². The Balaban J connectivity index is 1.37. The minimum absolute atomic E-state index is 0.306. The van der Waals surface area contributed by atoms with Gasteiger partial charge in [0.25, 0.3) is 0 Å². The Kier molecular flexibility index (Phi) is 8.62. The number of ether oxygens (including phenoxy) is 3. The summed E-state index contributed by atoms with van der Waals surface area (Å²) in [5, 5.41) is -0.327. The van der Waals surface area contributed by atoms with Crippen molar-refractivity contribution in [3.8, 4) is 17.2 Å². The summed E-state index contributed by atoms with van der Waals surface area (Å²) in [4.78, 5) is 0. The largest absolute Gasteiger partial charge is 0.497 e. The minimum atomic E-state index is -0.327. The van der Waals surface area contributed by atoms with Crippen molar-refractivity contribution < 1.29 is 14.2 Å². The van der Waals surface area contributed by atoms with Gasteiger partial charge in [0, 0.05) is 11.6 Å². The highest BCUT2D eigenvalue weighted by Gasteiger charge is 2.26. The molecule has 1 atom stereocenters. The zero-order valence-corrected chi connectivity index (χ0v) is 21.9. The lowest BCUT2D eigenvalue weighted by atomic mass is 9.73. The average Bonchev–Trinajstić information content (AvgIpc) is 2.89. The molecule has 35 heavy (non-hydrogen) atoms. The van der Waals surface area contributed by atoms with E-state index in [1.807, 2.05) is 42.5 Å². The fourth-order valence-corrected chi connectivity index (χ4v) is 5.41. The molecule has 1 aliphatic carbocycles. The quantitative estimate of drug-likeness (QED) is 0.294. The van der Waals surface area contributed by atoms with Crippen molar-refractivity contribution >= 4 is 11.6 Å². The molecule has 3 aromatic rings. The van der Waals surface area contributed by atoms with Crippen LogP contribution in [0, 0.1) is 0 Å². The van der Waals surface area contributed by atoms with Crippen molar-refractivity contribution in [3.05, 3.63) is 89.0 Å². The standard InChI is InChI=1S/C31H37ClO3/c1-31(19-7-5-4-6-8-20-31)25-13-9-23(10-14-25)22-35-26-15-11-24(12-16-26)30(32)28-18-17-27(33-2)21-29(28)34-3/h9-18,21,30H,4-8,19-20,22H2,1-3H3. The zero-order valence-electron chi connectivity index (χ0n) is 21.2. The molecular formula is C31H37ClO3. The molecule has 4 rings (SSSR count). The first-order valence-electron chi connectivity index (χ1n) is 12.7. The van der Waals surface area contributed by atoms with Crippen LogP contribution >= 0.6 is 11.6 Å². The van der Waals surface area contributed by atoms with Crippen molar-refractivity contribution in [2.45, 2.75) is 69.3 Å². The summed E-state index contributed by atoms with van der Waals surface area (Å²) in [6, 6.07) is 22.7. The van der Waals surface area contributed by atoms with Crippen LogP contribution in [0.5, 0.6) is 17.2 Å². The number of hydrogen-bond donors (Lipinski definition) is 0.